The quantitative estimate of drug-likeness (QED) is 0.840. The molecule has 1 aromatic rings. The molecule has 3 fully saturated rings. The smallest absolute Gasteiger partial charge is 0.254 e. The number of rotatable bonds is 3. The van der Waals surface area contributed by atoms with Gasteiger partial charge in [-0.15, -0.1) is 0 Å². The number of halogens is 2. The Morgan fingerprint density at radius 2 is 1.80 bits per heavy atom. The van der Waals surface area contributed by atoms with E-state index in [2.05, 4.69) is 4.90 Å². The molecule has 3 aliphatic heterocycles. The van der Waals surface area contributed by atoms with E-state index < -0.39 is 11.6 Å². The fraction of sp³-hybridized carbons (Fsp3) is 0.632. The fourth-order valence-electron chi connectivity index (χ4n) is 4.49. The minimum absolute atomic E-state index is 0.0529. The van der Waals surface area contributed by atoms with Gasteiger partial charge in [-0.2, -0.15) is 0 Å². The molecule has 0 aromatic heterocycles. The minimum atomic E-state index is -0.720. The third-order valence-corrected chi connectivity index (χ3v) is 5.78. The number of amides is 1. The molecule has 3 atom stereocenters. The molecule has 0 aliphatic carbocycles. The average Bonchev–Trinajstić information content (AvgIpc) is 3.16. The van der Waals surface area contributed by atoms with Gasteiger partial charge in [0, 0.05) is 43.1 Å². The largest absolute Gasteiger partial charge is 0.376 e. The number of likely N-dealkylation sites (tertiary alicyclic amines) is 2. The molecule has 0 unspecified atom stereocenters. The lowest BCUT2D eigenvalue weighted by Crippen LogP contribution is -2.38. The standard InChI is InChI=1S/C19H24F2N2O2/c20-15-6-13(7-16(21)8-15)19(24)23-10-17-14(12-25-18(17)11-23)9-22-4-2-1-3-5-22/h6-8,14,17-18H,1-5,9-12H2/t14-,17-,18-/m0/s1. The van der Waals surface area contributed by atoms with Crippen LogP contribution >= 0.6 is 0 Å². The van der Waals surface area contributed by atoms with Gasteiger partial charge in [0.1, 0.15) is 11.6 Å². The summed E-state index contributed by atoms with van der Waals surface area (Å²) in [7, 11) is 0. The van der Waals surface area contributed by atoms with Crippen molar-refractivity contribution in [3.05, 3.63) is 35.4 Å². The van der Waals surface area contributed by atoms with Gasteiger partial charge in [0.25, 0.3) is 5.91 Å². The number of carbonyl (C=O) groups is 1. The molecule has 0 saturated carbocycles. The Kier molecular flexibility index (Phi) is 4.73. The SMILES string of the molecule is O=C(c1cc(F)cc(F)c1)N1C[C@H]2[C@@H](CN3CCCCC3)CO[C@H]2C1. The maximum absolute atomic E-state index is 13.4. The fourth-order valence-corrected chi connectivity index (χ4v) is 4.49. The van der Waals surface area contributed by atoms with Gasteiger partial charge >= 0.3 is 0 Å². The Hall–Kier alpha value is -1.53. The molecule has 136 valence electrons. The van der Waals surface area contributed by atoms with Crippen LogP contribution in [0.1, 0.15) is 29.6 Å². The lowest BCUT2D eigenvalue weighted by atomic mass is 9.92. The molecule has 3 heterocycles. The molecular formula is C19H24F2N2O2. The van der Waals surface area contributed by atoms with Crippen molar-refractivity contribution < 1.29 is 18.3 Å². The zero-order chi connectivity index (χ0) is 17.4. The average molecular weight is 350 g/mol. The Balaban J connectivity index is 1.41. The molecule has 6 heteroatoms. The Bertz CT molecular complexity index is 628. The highest BCUT2D eigenvalue weighted by molar-refractivity contribution is 5.94. The van der Waals surface area contributed by atoms with E-state index in [1.54, 1.807) is 4.90 Å². The zero-order valence-corrected chi connectivity index (χ0v) is 14.3. The first-order valence-corrected chi connectivity index (χ1v) is 9.19. The van der Waals surface area contributed by atoms with Crippen LogP contribution in [0.15, 0.2) is 18.2 Å². The van der Waals surface area contributed by atoms with Gasteiger partial charge in [0.05, 0.1) is 12.7 Å². The molecule has 3 saturated heterocycles. The number of hydrogen-bond donors (Lipinski definition) is 0. The van der Waals surface area contributed by atoms with Crippen LogP contribution in [0.25, 0.3) is 0 Å². The molecule has 0 bridgehead atoms. The second-order valence-electron chi connectivity index (χ2n) is 7.53. The summed E-state index contributed by atoms with van der Waals surface area (Å²) in [6.45, 7) is 5.21. The molecule has 0 radical (unpaired) electrons. The van der Waals surface area contributed by atoms with Crippen LogP contribution in [0, 0.1) is 23.5 Å². The van der Waals surface area contributed by atoms with Crippen LogP contribution in [0.2, 0.25) is 0 Å². The summed E-state index contributed by atoms with van der Waals surface area (Å²) in [5, 5.41) is 0. The molecule has 4 nitrogen and oxygen atoms in total. The molecular weight excluding hydrogens is 326 g/mol. The summed E-state index contributed by atoms with van der Waals surface area (Å²) in [5.74, 6) is -0.994. The van der Waals surface area contributed by atoms with Gasteiger partial charge in [-0.05, 0) is 38.1 Å². The second-order valence-corrected chi connectivity index (χ2v) is 7.53. The van der Waals surface area contributed by atoms with Crippen LogP contribution in [-0.4, -0.2) is 61.1 Å². The van der Waals surface area contributed by atoms with Crippen LogP contribution in [0.3, 0.4) is 0 Å². The summed E-state index contributed by atoms with van der Waals surface area (Å²) in [5.41, 5.74) is 0.0741. The first kappa shape index (κ1) is 16.9. The van der Waals surface area contributed by atoms with Crippen molar-refractivity contribution in [2.24, 2.45) is 11.8 Å². The Morgan fingerprint density at radius 3 is 2.52 bits per heavy atom. The molecule has 0 N–H and O–H groups in total. The van der Waals surface area contributed by atoms with E-state index in [0.717, 1.165) is 44.4 Å². The predicted molar refractivity (Wildman–Crippen MR) is 89.3 cm³/mol. The molecule has 0 spiro atoms. The van der Waals surface area contributed by atoms with Crippen molar-refractivity contribution in [3.8, 4) is 0 Å². The Morgan fingerprint density at radius 1 is 1.08 bits per heavy atom. The highest BCUT2D eigenvalue weighted by atomic mass is 19.1. The number of benzene rings is 1. The van der Waals surface area contributed by atoms with Crippen molar-refractivity contribution in [3.63, 3.8) is 0 Å². The van der Waals surface area contributed by atoms with Crippen LogP contribution in [-0.2, 0) is 4.74 Å². The first-order chi connectivity index (χ1) is 12.1. The third-order valence-electron chi connectivity index (χ3n) is 5.78. The Labute approximate surface area is 146 Å². The number of nitrogens with zero attached hydrogens (tertiary/aromatic N) is 2. The number of carbonyl (C=O) groups excluding carboxylic acids is 1. The molecule has 3 aliphatic rings. The van der Waals surface area contributed by atoms with E-state index in [-0.39, 0.29) is 17.6 Å². The summed E-state index contributed by atoms with van der Waals surface area (Å²) < 4.78 is 32.7. The molecule has 1 amide bonds. The van der Waals surface area contributed by atoms with E-state index in [9.17, 15) is 13.6 Å². The third kappa shape index (κ3) is 3.55. The maximum atomic E-state index is 13.4. The molecule has 25 heavy (non-hydrogen) atoms. The van der Waals surface area contributed by atoms with E-state index in [4.69, 9.17) is 4.74 Å². The highest BCUT2D eigenvalue weighted by Crippen LogP contribution is 2.35. The van der Waals surface area contributed by atoms with Gasteiger partial charge in [-0.3, -0.25) is 4.79 Å². The van der Waals surface area contributed by atoms with Gasteiger partial charge < -0.3 is 14.5 Å². The number of ether oxygens (including phenoxy) is 1. The summed E-state index contributed by atoms with van der Waals surface area (Å²) in [6, 6.07) is 2.99. The van der Waals surface area contributed by atoms with Gasteiger partial charge in [0.15, 0.2) is 0 Å². The van der Waals surface area contributed by atoms with E-state index >= 15 is 0 Å². The zero-order valence-electron chi connectivity index (χ0n) is 14.3. The van der Waals surface area contributed by atoms with Gasteiger partial charge in [-0.25, -0.2) is 8.78 Å². The van der Waals surface area contributed by atoms with Crippen LogP contribution in [0.5, 0.6) is 0 Å². The van der Waals surface area contributed by atoms with Crippen molar-refractivity contribution in [1.82, 2.24) is 9.80 Å². The molecule has 1 aromatic carbocycles. The van der Waals surface area contributed by atoms with Crippen molar-refractivity contribution in [1.29, 1.82) is 0 Å². The van der Waals surface area contributed by atoms with Crippen molar-refractivity contribution >= 4 is 5.91 Å². The summed E-state index contributed by atoms with van der Waals surface area (Å²) in [6.07, 6.45) is 3.89. The molecule has 4 rings (SSSR count). The van der Waals surface area contributed by atoms with Crippen LogP contribution in [0.4, 0.5) is 8.78 Å². The van der Waals surface area contributed by atoms with Crippen molar-refractivity contribution in [2.75, 3.05) is 39.3 Å². The number of fused-ring (bicyclic) bond motifs is 1. The number of hydrogen-bond acceptors (Lipinski definition) is 3. The van der Waals surface area contributed by atoms with E-state index in [0.29, 0.717) is 24.9 Å². The summed E-state index contributed by atoms with van der Waals surface area (Å²) in [4.78, 5) is 16.8. The maximum Gasteiger partial charge on any atom is 0.254 e. The lowest BCUT2D eigenvalue weighted by molar-refractivity contribution is 0.0660. The van der Waals surface area contributed by atoms with Crippen molar-refractivity contribution in [2.45, 2.75) is 25.4 Å². The topological polar surface area (TPSA) is 32.8 Å². The van der Waals surface area contributed by atoms with E-state index in [1.807, 2.05) is 0 Å². The minimum Gasteiger partial charge on any atom is -0.376 e. The number of piperidine rings is 1. The summed E-state index contributed by atoms with van der Waals surface area (Å²) >= 11 is 0. The van der Waals surface area contributed by atoms with Gasteiger partial charge in [0.2, 0.25) is 0 Å². The lowest BCUT2D eigenvalue weighted by Gasteiger charge is -2.30. The first-order valence-electron chi connectivity index (χ1n) is 9.19. The monoisotopic (exact) mass is 350 g/mol. The van der Waals surface area contributed by atoms with E-state index in [1.165, 1.54) is 19.3 Å². The normalized spacial score (nSPS) is 29.8. The van der Waals surface area contributed by atoms with Crippen LogP contribution < -0.4 is 0 Å². The second kappa shape index (κ2) is 7.00. The predicted octanol–water partition coefficient (Wildman–Crippen LogP) is 2.54. The van der Waals surface area contributed by atoms with Gasteiger partial charge in [-0.1, -0.05) is 6.42 Å². The highest BCUT2D eigenvalue weighted by Gasteiger charge is 2.45.